The summed E-state index contributed by atoms with van der Waals surface area (Å²) in [5.41, 5.74) is 0. The Hall–Kier alpha value is -0.930. The van der Waals surface area contributed by atoms with Crippen LogP contribution >= 0.6 is 0 Å². The molecule has 2 unspecified atom stereocenters. The summed E-state index contributed by atoms with van der Waals surface area (Å²) >= 11 is 0. The first-order chi connectivity index (χ1) is 10.7. The van der Waals surface area contributed by atoms with Crippen molar-refractivity contribution >= 4 is 16.4 Å². The first kappa shape index (κ1) is 18.4. The lowest BCUT2D eigenvalue weighted by molar-refractivity contribution is -0.0511. The molecule has 2 aliphatic heterocycles. The molecule has 2 aliphatic rings. The third-order valence-electron chi connectivity index (χ3n) is 4.44. The van der Waals surface area contributed by atoms with Crippen molar-refractivity contribution in [2.45, 2.75) is 57.8 Å². The fourth-order valence-electron chi connectivity index (χ4n) is 3.40. The van der Waals surface area contributed by atoms with Gasteiger partial charge in [-0.05, 0) is 45.4 Å². The predicted molar refractivity (Wildman–Crippen MR) is 83.9 cm³/mol. The summed E-state index contributed by atoms with van der Waals surface area (Å²) in [6.07, 6.45) is 3.11. The molecule has 0 aliphatic carbocycles. The molecular weight excluding hydrogens is 325 g/mol. The van der Waals surface area contributed by atoms with Crippen molar-refractivity contribution in [3.05, 3.63) is 0 Å². The van der Waals surface area contributed by atoms with Crippen molar-refractivity contribution in [1.82, 2.24) is 14.9 Å². The van der Waals surface area contributed by atoms with Gasteiger partial charge in [0.2, 0.25) is 0 Å². The number of nitrogens with zero attached hydrogens (tertiary/aromatic N) is 1. The molecule has 0 aromatic heterocycles. The zero-order chi connectivity index (χ0) is 17.0. The van der Waals surface area contributed by atoms with Crippen LogP contribution in [0.2, 0.25) is 0 Å². The van der Waals surface area contributed by atoms with Crippen molar-refractivity contribution in [3.63, 3.8) is 0 Å². The Morgan fingerprint density at radius 2 is 1.78 bits per heavy atom. The van der Waals surface area contributed by atoms with E-state index in [9.17, 15) is 17.1 Å². The van der Waals surface area contributed by atoms with E-state index in [4.69, 9.17) is 4.74 Å². The third kappa shape index (κ3) is 5.89. The van der Waals surface area contributed by atoms with Crippen LogP contribution in [-0.4, -0.2) is 56.6 Å². The van der Waals surface area contributed by atoms with Gasteiger partial charge < -0.3 is 15.4 Å². The highest BCUT2D eigenvalue weighted by atomic mass is 32.3. The minimum Gasteiger partial charge on any atom is -0.376 e. The molecule has 134 valence electrons. The Bertz CT molecular complexity index is 498. The number of piperidine rings is 1. The maximum Gasteiger partial charge on any atom is 0.374 e. The molecule has 2 amide bonds. The highest BCUT2D eigenvalue weighted by Crippen LogP contribution is 2.24. The van der Waals surface area contributed by atoms with E-state index < -0.39 is 10.4 Å². The fourth-order valence-corrected chi connectivity index (χ4v) is 4.05. The van der Waals surface area contributed by atoms with Gasteiger partial charge >= 0.3 is 16.4 Å². The third-order valence-corrected chi connectivity index (χ3v) is 5.43. The van der Waals surface area contributed by atoms with Gasteiger partial charge in [-0.3, -0.25) is 0 Å². The lowest BCUT2D eigenvalue weighted by Gasteiger charge is -2.32. The van der Waals surface area contributed by atoms with Crippen LogP contribution in [0, 0.1) is 5.92 Å². The zero-order valence-electron chi connectivity index (χ0n) is 13.6. The van der Waals surface area contributed by atoms with Gasteiger partial charge in [-0.2, -0.15) is 12.7 Å². The van der Waals surface area contributed by atoms with Crippen LogP contribution in [0.4, 0.5) is 8.68 Å². The van der Waals surface area contributed by atoms with E-state index in [2.05, 4.69) is 10.6 Å². The summed E-state index contributed by atoms with van der Waals surface area (Å²) in [5, 5.41) is 5.70. The fraction of sp³-hybridized carbons (Fsp3) is 0.929. The Labute approximate surface area is 137 Å². The number of halogens is 1. The Balaban J connectivity index is 1.68. The molecule has 2 saturated heterocycles. The number of amides is 2. The molecule has 0 radical (unpaired) electrons. The Morgan fingerprint density at radius 3 is 2.30 bits per heavy atom. The van der Waals surface area contributed by atoms with Gasteiger partial charge in [-0.15, -0.1) is 0 Å². The maximum atomic E-state index is 12.8. The second-order valence-corrected chi connectivity index (χ2v) is 7.91. The monoisotopic (exact) mass is 351 g/mol. The summed E-state index contributed by atoms with van der Waals surface area (Å²) < 4.78 is 40.9. The molecule has 23 heavy (non-hydrogen) atoms. The second-order valence-electron chi connectivity index (χ2n) is 6.56. The number of carbonyl (C=O) groups excluding carboxylic acids is 1. The number of carbonyl (C=O) groups is 1. The summed E-state index contributed by atoms with van der Waals surface area (Å²) in [6, 6.07) is -0.376. The molecule has 2 rings (SSSR count). The van der Waals surface area contributed by atoms with Gasteiger partial charge in [0.1, 0.15) is 0 Å². The predicted octanol–water partition coefficient (Wildman–Crippen LogP) is 1.17. The van der Waals surface area contributed by atoms with E-state index in [-0.39, 0.29) is 37.4 Å². The molecule has 2 atom stereocenters. The molecule has 0 aromatic rings. The molecule has 2 N–H and O–H groups in total. The normalized spacial score (nSPS) is 30.8. The topological polar surface area (TPSA) is 87.7 Å². The smallest absolute Gasteiger partial charge is 0.374 e. The van der Waals surface area contributed by atoms with E-state index in [0.717, 1.165) is 17.1 Å². The van der Waals surface area contributed by atoms with Crippen molar-refractivity contribution in [2.24, 2.45) is 5.92 Å². The molecule has 0 spiro atoms. The molecule has 9 heteroatoms. The molecule has 0 aromatic carbocycles. The number of urea groups is 1. The van der Waals surface area contributed by atoms with Gasteiger partial charge in [-0.25, -0.2) is 4.79 Å². The van der Waals surface area contributed by atoms with Crippen LogP contribution < -0.4 is 10.6 Å². The minimum atomic E-state index is -4.62. The molecule has 7 nitrogen and oxygen atoms in total. The summed E-state index contributed by atoms with van der Waals surface area (Å²) in [6.45, 7) is 4.87. The lowest BCUT2D eigenvalue weighted by Crippen LogP contribution is -2.49. The van der Waals surface area contributed by atoms with E-state index in [1.54, 1.807) is 0 Å². The number of rotatable bonds is 4. The van der Waals surface area contributed by atoms with Gasteiger partial charge in [0.05, 0.1) is 12.2 Å². The van der Waals surface area contributed by atoms with E-state index in [1.165, 1.54) is 0 Å². The van der Waals surface area contributed by atoms with Crippen LogP contribution in [0.3, 0.4) is 0 Å². The van der Waals surface area contributed by atoms with Crippen molar-refractivity contribution in [3.8, 4) is 0 Å². The quantitative estimate of drug-likeness (QED) is 0.744. The maximum absolute atomic E-state index is 12.8. The zero-order valence-corrected chi connectivity index (χ0v) is 14.4. The van der Waals surface area contributed by atoms with E-state index >= 15 is 0 Å². The van der Waals surface area contributed by atoms with Gasteiger partial charge in [0.15, 0.2) is 0 Å². The standard InChI is InChI=1S/C14H26FN3O4S/c1-10-7-12(8-11(2)22-10)9-16-14(19)17-13-3-5-18(6-4-13)23(15,20)21/h10-13H,3-9H2,1-2H3,(H2,16,17,19). The van der Waals surface area contributed by atoms with Crippen LogP contribution in [0.5, 0.6) is 0 Å². The largest absolute Gasteiger partial charge is 0.376 e. The van der Waals surface area contributed by atoms with Crippen molar-refractivity contribution in [1.29, 1.82) is 0 Å². The summed E-state index contributed by atoms with van der Waals surface area (Å²) in [4.78, 5) is 11.9. The molecule has 0 saturated carbocycles. The van der Waals surface area contributed by atoms with Gasteiger partial charge in [-0.1, -0.05) is 3.89 Å². The van der Waals surface area contributed by atoms with Crippen molar-refractivity contribution < 1.29 is 21.8 Å². The van der Waals surface area contributed by atoms with Crippen LogP contribution in [-0.2, 0) is 15.1 Å². The van der Waals surface area contributed by atoms with E-state index in [1.807, 2.05) is 13.8 Å². The molecule has 2 fully saturated rings. The van der Waals surface area contributed by atoms with Crippen molar-refractivity contribution in [2.75, 3.05) is 19.6 Å². The second kappa shape index (κ2) is 7.76. The molecule has 0 bridgehead atoms. The minimum absolute atomic E-state index is 0.0960. The molecule has 2 heterocycles. The summed E-state index contributed by atoms with van der Waals surface area (Å²) in [5.74, 6) is 0.401. The van der Waals surface area contributed by atoms with Gasteiger partial charge in [0, 0.05) is 25.7 Å². The van der Waals surface area contributed by atoms with Crippen LogP contribution in [0.25, 0.3) is 0 Å². The average molecular weight is 351 g/mol. The Kier molecular flexibility index (Phi) is 6.21. The first-order valence-electron chi connectivity index (χ1n) is 8.13. The number of nitrogens with one attached hydrogen (secondary N) is 2. The lowest BCUT2D eigenvalue weighted by atomic mass is 9.92. The SMILES string of the molecule is CC1CC(CNC(=O)NC2CCN(S(=O)(=O)F)CC2)CC(C)O1. The highest BCUT2D eigenvalue weighted by molar-refractivity contribution is 7.83. The number of ether oxygens (including phenoxy) is 1. The Morgan fingerprint density at radius 1 is 1.22 bits per heavy atom. The number of hydrogen-bond acceptors (Lipinski definition) is 4. The van der Waals surface area contributed by atoms with Gasteiger partial charge in [0.25, 0.3) is 0 Å². The molecular formula is C14H26FN3O4S. The van der Waals surface area contributed by atoms with Crippen LogP contribution in [0.15, 0.2) is 0 Å². The number of hydrogen-bond donors (Lipinski definition) is 2. The first-order valence-corrected chi connectivity index (χ1v) is 9.47. The van der Waals surface area contributed by atoms with E-state index in [0.29, 0.717) is 25.3 Å². The van der Waals surface area contributed by atoms with Crippen LogP contribution in [0.1, 0.15) is 39.5 Å². The highest BCUT2D eigenvalue weighted by Gasteiger charge is 2.29. The average Bonchev–Trinajstić information content (AvgIpc) is 2.44. The summed E-state index contributed by atoms with van der Waals surface area (Å²) in [7, 11) is -4.62.